The van der Waals surface area contributed by atoms with E-state index in [4.69, 9.17) is 0 Å². The second-order valence-corrected chi connectivity index (χ2v) is 7.19. The first-order valence-corrected chi connectivity index (χ1v) is 9.12. The maximum Gasteiger partial charge on any atom is 0.191 e. The first-order valence-electron chi connectivity index (χ1n) is 7.31. The number of nitrogens with one attached hydrogen (secondary N) is 2. The molecule has 0 aliphatic carbocycles. The summed E-state index contributed by atoms with van der Waals surface area (Å²) in [6.45, 7) is 3.81. The van der Waals surface area contributed by atoms with Gasteiger partial charge in [0.1, 0.15) is 0 Å². The minimum absolute atomic E-state index is 0.846. The van der Waals surface area contributed by atoms with Crippen molar-refractivity contribution < 1.29 is 0 Å². The number of benzene rings is 1. The zero-order chi connectivity index (χ0) is 15.6. The molecule has 0 saturated carbocycles. The highest BCUT2D eigenvalue weighted by Gasteiger charge is 2.01. The Hall–Kier alpha value is -1.53. The van der Waals surface area contributed by atoms with Crippen LogP contribution in [0.2, 0.25) is 0 Å². The molecule has 6 heteroatoms. The normalized spacial score (nSPS) is 11.5. The number of guanidine groups is 1. The summed E-state index contributed by atoms with van der Waals surface area (Å²) < 4.78 is 0. The molecule has 0 unspecified atom stereocenters. The highest BCUT2D eigenvalue weighted by atomic mass is 32.2. The molecule has 2 rings (SSSR count). The zero-order valence-electron chi connectivity index (χ0n) is 13.0. The Bertz CT molecular complexity index is 581. The van der Waals surface area contributed by atoms with Crippen molar-refractivity contribution in [3.05, 3.63) is 46.4 Å². The molecule has 0 bridgehead atoms. The summed E-state index contributed by atoms with van der Waals surface area (Å²) in [7, 11) is 1.80. The van der Waals surface area contributed by atoms with Gasteiger partial charge in [0.05, 0.1) is 5.01 Å². The van der Waals surface area contributed by atoms with Crippen LogP contribution in [-0.2, 0) is 6.42 Å². The van der Waals surface area contributed by atoms with Crippen LogP contribution in [-0.4, -0.2) is 36.8 Å². The first kappa shape index (κ1) is 16.8. The molecular formula is C16H22N4S2. The third kappa shape index (κ3) is 6.07. The largest absolute Gasteiger partial charge is 0.356 e. The third-order valence-electron chi connectivity index (χ3n) is 2.93. The lowest BCUT2D eigenvalue weighted by molar-refractivity contribution is 0.808. The quantitative estimate of drug-likeness (QED) is 0.354. The minimum atomic E-state index is 0.846. The molecule has 0 aliphatic heterocycles. The molecule has 0 amide bonds. The SMILES string of the molecule is CN=C(NCCSc1ccccc1)NCCc1ncc(C)s1. The summed E-state index contributed by atoms with van der Waals surface area (Å²) in [5, 5.41) is 7.82. The van der Waals surface area contributed by atoms with E-state index in [1.807, 2.05) is 24.0 Å². The lowest BCUT2D eigenvalue weighted by Crippen LogP contribution is -2.39. The standard InChI is InChI=1S/C16H22N4S2/c1-13-12-20-15(22-13)8-9-18-16(17-2)19-10-11-21-14-6-4-3-5-7-14/h3-7,12H,8-11H2,1-2H3,(H2,17,18,19). The molecular weight excluding hydrogens is 312 g/mol. The van der Waals surface area contributed by atoms with Gasteiger partial charge in [0.2, 0.25) is 0 Å². The number of thioether (sulfide) groups is 1. The van der Waals surface area contributed by atoms with Gasteiger partial charge in [-0.2, -0.15) is 0 Å². The van der Waals surface area contributed by atoms with E-state index in [9.17, 15) is 0 Å². The number of aryl methyl sites for hydroxylation is 1. The van der Waals surface area contributed by atoms with Crippen LogP contribution < -0.4 is 10.6 Å². The van der Waals surface area contributed by atoms with Gasteiger partial charge in [0.15, 0.2) is 5.96 Å². The van der Waals surface area contributed by atoms with Crippen LogP contribution in [0.25, 0.3) is 0 Å². The van der Waals surface area contributed by atoms with Crippen molar-refractivity contribution in [3.63, 3.8) is 0 Å². The number of nitrogens with zero attached hydrogens (tertiary/aromatic N) is 2. The van der Waals surface area contributed by atoms with E-state index in [0.29, 0.717) is 0 Å². The van der Waals surface area contributed by atoms with Crippen LogP contribution in [0.5, 0.6) is 0 Å². The summed E-state index contributed by atoms with van der Waals surface area (Å²) in [6, 6.07) is 10.4. The van der Waals surface area contributed by atoms with E-state index in [2.05, 4.69) is 51.8 Å². The van der Waals surface area contributed by atoms with E-state index in [-0.39, 0.29) is 0 Å². The van der Waals surface area contributed by atoms with Crippen molar-refractivity contribution >= 4 is 29.1 Å². The Kier molecular flexibility index (Phi) is 7.25. The molecule has 4 nitrogen and oxygen atoms in total. The van der Waals surface area contributed by atoms with Crippen LogP contribution in [0.4, 0.5) is 0 Å². The molecule has 0 atom stereocenters. The van der Waals surface area contributed by atoms with E-state index >= 15 is 0 Å². The lowest BCUT2D eigenvalue weighted by Gasteiger charge is -2.11. The number of rotatable bonds is 7. The monoisotopic (exact) mass is 334 g/mol. The van der Waals surface area contributed by atoms with E-state index in [1.165, 1.54) is 14.8 Å². The summed E-state index contributed by atoms with van der Waals surface area (Å²) in [4.78, 5) is 11.2. The molecule has 2 N–H and O–H groups in total. The molecule has 0 saturated heterocycles. The average Bonchev–Trinajstić information content (AvgIpc) is 2.96. The van der Waals surface area contributed by atoms with Gasteiger partial charge in [-0.25, -0.2) is 4.98 Å². The van der Waals surface area contributed by atoms with Gasteiger partial charge < -0.3 is 10.6 Å². The number of thiazole rings is 1. The van der Waals surface area contributed by atoms with Crippen molar-refractivity contribution in [1.82, 2.24) is 15.6 Å². The summed E-state index contributed by atoms with van der Waals surface area (Å²) in [5.41, 5.74) is 0. The van der Waals surface area contributed by atoms with Crippen molar-refractivity contribution in [2.45, 2.75) is 18.2 Å². The van der Waals surface area contributed by atoms with Crippen LogP contribution in [0, 0.1) is 6.92 Å². The molecule has 0 fully saturated rings. The van der Waals surface area contributed by atoms with Gasteiger partial charge in [0, 0.05) is 48.3 Å². The average molecular weight is 335 g/mol. The second kappa shape index (κ2) is 9.48. The maximum absolute atomic E-state index is 4.36. The predicted octanol–water partition coefficient (Wildman–Crippen LogP) is 2.95. The van der Waals surface area contributed by atoms with E-state index in [0.717, 1.165) is 31.2 Å². The molecule has 0 aliphatic rings. The van der Waals surface area contributed by atoms with Gasteiger partial charge in [-0.15, -0.1) is 23.1 Å². The Labute approximate surface area is 140 Å². The van der Waals surface area contributed by atoms with Crippen LogP contribution in [0.1, 0.15) is 9.88 Å². The fraction of sp³-hybridized carbons (Fsp3) is 0.375. The molecule has 118 valence electrons. The second-order valence-electron chi connectivity index (χ2n) is 4.70. The molecule has 0 radical (unpaired) electrons. The maximum atomic E-state index is 4.36. The van der Waals surface area contributed by atoms with Crippen molar-refractivity contribution in [2.24, 2.45) is 4.99 Å². The summed E-state index contributed by atoms with van der Waals surface area (Å²) in [5.74, 6) is 1.86. The van der Waals surface area contributed by atoms with Crippen LogP contribution >= 0.6 is 23.1 Å². The fourth-order valence-corrected chi connectivity index (χ4v) is 3.46. The Balaban J connectivity index is 1.61. The smallest absolute Gasteiger partial charge is 0.191 e. The highest BCUT2D eigenvalue weighted by Crippen LogP contribution is 2.15. The third-order valence-corrected chi connectivity index (χ3v) is 4.92. The van der Waals surface area contributed by atoms with E-state index in [1.54, 1.807) is 18.4 Å². The Morgan fingerprint density at radius 3 is 2.68 bits per heavy atom. The number of aliphatic imine (C=N–C) groups is 1. The van der Waals surface area contributed by atoms with Crippen molar-refractivity contribution in [2.75, 3.05) is 25.9 Å². The first-order chi connectivity index (χ1) is 10.8. The Morgan fingerprint density at radius 2 is 2.00 bits per heavy atom. The molecule has 1 aromatic carbocycles. The number of aromatic nitrogens is 1. The Morgan fingerprint density at radius 1 is 1.23 bits per heavy atom. The topological polar surface area (TPSA) is 49.3 Å². The van der Waals surface area contributed by atoms with Crippen molar-refractivity contribution in [3.8, 4) is 0 Å². The van der Waals surface area contributed by atoms with Gasteiger partial charge in [-0.3, -0.25) is 4.99 Å². The zero-order valence-corrected chi connectivity index (χ0v) is 14.6. The van der Waals surface area contributed by atoms with Gasteiger partial charge in [-0.05, 0) is 19.1 Å². The number of hydrogen-bond acceptors (Lipinski definition) is 4. The minimum Gasteiger partial charge on any atom is -0.356 e. The molecule has 0 spiro atoms. The highest BCUT2D eigenvalue weighted by molar-refractivity contribution is 7.99. The predicted molar refractivity (Wildman–Crippen MR) is 97.1 cm³/mol. The summed E-state index contributed by atoms with van der Waals surface area (Å²) in [6.07, 6.45) is 2.85. The van der Waals surface area contributed by atoms with Gasteiger partial charge >= 0.3 is 0 Å². The molecule has 1 aromatic heterocycles. The lowest BCUT2D eigenvalue weighted by atomic mass is 10.4. The van der Waals surface area contributed by atoms with Gasteiger partial charge in [-0.1, -0.05) is 18.2 Å². The molecule has 2 aromatic rings. The van der Waals surface area contributed by atoms with E-state index < -0.39 is 0 Å². The number of hydrogen-bond donors (Lipinski definition) is 2. The molecule has 22 heavy (non-hydrogen) atoms. The van der Waals surface area contributed by atoms with Gasteiger partial charge in [0.25, 0.3) is 0 Å². The molecule has 1 heterocycles. The van der Waals surface area contributed by atoms with Crippen LogP contribution in [0.3, 0.4) is 0 Å². The van der Waals surface area contributed by atoms with Crippen molar-refractivity contribution in [1.29, 1.82) is 0 Å². The van der Waals surface area contributed by atoms with Crippen LogP contribution in [0.15, 0.2) is 46.4 Å². The summed E-state index contributed by atoms with van der Waals surface area (Å²) >= 11 is 3.59. The fourth-order valence-electron chi connectivity index (χ4n) is 1.88.